The van der Waals surface area contributed by atoms with Crippen molar-refractivity contribution in [3.05, 3.63) is 106 Å². The molecule has 0 fully saturated rings. The van der Waals surface area contributed by atoms with Gasteiger partial charge in [-0.25, -0.2) is 5.43 Å². The Morgan fingerprint density at radius 3 is 2.12 bits per heavy atom. The summed E-state index contributed by atoms with van der Waals surface area (Å²) in [6, 6.07) is 25.0. The third kappa shape index (κ3) is 4.83. The second kappa shape index (κ2) is 9.43. The SMILES string of the molecule is CC1CC(=O)NN=C1c1ccc(N(Cc2ccccc2)Cc2ccccc2)c([N+](=O)[O-])c1. The van der Waals surface area contributed by atoms with Crippen LogP contribution >= 0.6 is 0 Å². The molecule has 7 nitrogen and oxygen atoms in total. The lowest BCUT2D eigenvalue weighted by Crippen LogP contribution is -2.32. The molecule has 3 aromatic carbocycles. The van der Waals surface area contributed by atoms with Gasteiger partial charge in [0.05, 0.1) is 10.6 Å². The van der Waals surface area contributed by atoms with Gasteiger partial charge in [0.2, 0.25) is 5.91 Å². The van der Waals surface area contributed by atoms with E-state index in [1.165, 1.54) is 0 Å². The van der Waals surface area contributed by atoms with E-state index in [1.807, 2.05) is 78.6 Å². The van der Waals surface area contributed by atoms with Crippen LogP contribution in [0.3, 0.4) is 0 Å². The highest BCUT2D eigenvalue weighted by Crippen LogP contribution is 2.33. The van der Waals surface area contributed by atoms with Crippen LogP contribution in [0.4, 0.5) is 11.4 Å². The molecule has 1 atom stereocenters. The summed E-state index contributed by atoms with van der Waals surface area (Å²) < 4.78 is 0. The normalized spacial score (nSPS) is 15.6. The van der Waals surface area contributed by atoms with Gasteiger partial charge in [0.1, 0.15) is 5.69 Å². The molecule has 0 saturated carbocycles. The molecule has 3 aromatic rings. The first-order valence-electron chi connectivity index (χ1n) is 10.5. The van der Waals surface area contributed by atoms with Crippen LogP contribution in [0.5, 0.6) is 0 Å². The minimum absolute atomic E-state index is 0.0150. The fourth-order valence-corrected chi connectivity index (χ4v) is 3.93. The summed E-state index contributed by atoms with van der Waals surface area (Å²) in [6.07, 6.45) is 0.308. The predicted octanol–water partition coefficient (Wildman–Crippen LogP) is 4.66. The summed E-state index contributed by atoms with van der Waals surface area (Å²) in [5.74, 6) is -0.261. The molecular formula is C25H24N4O3. The number of hydrazone groups is 1. The van der Waals surface area contributed by atoms with E-state index < -0.39 is 0 Å². The number of nitrogens with one attached hydrogen (secondary N) is 1. The Kier molecular flexibility index (Phi) is 6.26. The first kappa shape index (κ1) is 21.2. The summed E-state index contributed by atoms with van der Waals surface area (Å²) in [5.41, 5.74) is 6.46. The lowest BCUT2D eigenvalue weighted by Gasteiger charge is -2.26. The van der Waals surface area contributed by atoms with E-state index in [4.69, 9.17) is 0 Å². The molecule has 1 amide bonds. The summed E-state index contributed by atoms with van der Waals surface area (Å²) in [4.78, 5) is 25.3. The van der Waals surface area contributed by atoms with Gasteiger partial charge in [-0.15, -0.1) is 0 Å². The van der Waals surface area contributed by atoms with Crippen LogP contribution in [0.1, 0.15) is 30.0 Å². The second-order valence-corrected chi connectivity index (χ2v) is 7.93. The van der Waals surface area contributed by atoms with Crippen LogP contribution in [0.15, 0.2) is 84.0 Å². The Bertz CT molecular complexity index is 1100. The fraction of sp³-hybridized carbons (Fsp3) is 0.200. The van der Waals surface area contributed by atoms with Crippen molar-refractivity contribution in [3.8, 4) is 0 Å². The van der Waals surface area contributed by atoms with Crippen molar-refractivity contribution in [3.63, 3.8) is 0 Å². The average molecular weight is 428 g/mol. The first-order chi connectivity index (χ1) is 15.5. The van der Waals surface area contributed by atoms with E-state index in [-0.39, 0.29) is 22.4 Å². The van der Waals surface area contributed by atoms with Crippen LogP contribution in [0, 0.1) is 16.0 Å². The van der Waals surface area contributed by atoms with Gasteiger partial charge in [-0.2, -0.15) is 5.10 Å². The third-order valence-corrected chi connectivity index (χ3v) is 5.50. The lowest BCUT2D eigenvalue weighted by molar-refractivity contribution is -0.384. The van der Waals surface area contributed by atoms with Gasteiger partial charge in [0.15, 0.2) is 0 Å². The molecule has 0 radical (unpaired) electrons. The molecule has 0 saturated heterocycles. The summed E-state index contributed by atoms with van der Waals surface area (Å²) in [7, 11) is 0. The predicted molar refractivity (Wildman–Crippen MR) is 124 cm³/mol. The standard InChI is InChI=1S/C25H24N4O3/c1-18-14-24(30)26-27-25(18)21-12-13-22(23(15-21)29(31)32)28(16-19-8-4-2-5-9-19)17-20-10-6-3-7-11-20/h2-13,15,18H,14,16-17H2,1H3,(H,26,30). The summed E-state index contributed by atoms with van der Waals surface area (Å²) in [5, 5.41) is 16.2. The van der Waals surface area contributed by atoms with Crippen LogP contribution in [0.25, 0.3) is 0 Å². The van der Waals surface area contributed by atoms with Gasteiger partial charge >= 0.3 is 0 Å². The van der Waals surface area contributed by atoms with Crippen molar-refractivity contribution in [1.82, 2.24) is 5.43 Å². The maximum atomic E-state index is 12.1. The van der Waals surface area contributed by atoms with Crippen molar-refractivity contribution >= 4 is 23.0 Å². The Balaban J connectivity index is 1.74. The average Bonchev–Trinajstić information content (AvgIpc) is 2.80. The lowest BCUT2D eigenvalue weighted by atomic mass is 9.93. The number of rotatable bonds is 7. The van der Waals surface area contributed by atoms with Crippen molar-refractivity contribution in [2.45, 2.75) is 26.4 Å². The van der Waals surface area contributed by atoms with Crippen molar-refractivity contribution < 1.29 is 9.72 Å². The smallest absolute Gasteiger partial charge is 0.293 e. The van der Waals surface area contributed by atoms with Crippen molar-refractivity contribution in [2.24, 2.45) is 11.0 Å². The maximum absolute atomic E-state index is 12.1. The number of carbonyl (C=O) groups is 1. The highest BCUT2D eigenvalue weighted by molar-refractivity contribution is 6.06. The van der Waals surface area contributed by atoms with E-state index >= 15 is 0 Å². The number of hydrogen-bond acceptors (Lipinski definition) is 5. The molecule has 1 aliphatic rings. The number of hydrogen-bond donors (Lipinski definition) is 1. The molecule has 32 heavy (non-hydrogen) atoms. The molecule has 1 aliphatic heterocycles. The van der Waals surface area contributed by atoms with Crippen LogP contribution in [-0.4, -0.2) is 16.5 Å². The molecule has 0 bridgehead atoms. The molecule has 162 valence electrons. The van der Waals surface area contributed by atoms with Crippen molar-refractivity contribution in [2.75, 3.05) is 4.90 Å². The largest absolute Gasteiger partial charge is 0.357 e. The van der Waals surface area contributed by atoms with Crippen LogP contribution < -0.4 is 10.3 Å². The van der Waals surface area contributed by atoms with E-state index in [0.717, 1.165) is 11.1 Å². The first-order valence-corrected chi connectivity index (χ1v) is 10.5. The molecule has 0 spiro atoms. The molecule has 0 aliphatic carbocycles. The number of carbonyl (C=O) groups excluding carboxylic acids is 1. The van der Waals surface area contributed by atoms with E-state index in [1.54, 1.807) is 12.1 Å². The van der Waals surface area contributed by atoms with E-state index in [9.17, 15) is 14.9 Å². The molecule has 1 N–H and O–H groups in total. The number of nitro benzene ring substituents is 1. The summed E-state index contributed by atoms with van der Waals surface area (Å²) >= 11 is 0. The fourth-order valence-electron chi connectivity index (χ4n) is 3.93. The van der Waals surface area contributed by atoms with Gasteiger partial charge in [0, 0.05) is 37.1 Å². The Hall–Kier alpha value is -4.00. The number of nitro groups is 1. The van der Waals surface area contributed by atoms with Gasteiger partial charge in [-0.05, 0) is 17.2 Å². The zero-order valence-corrected chi connectivity index (χ0v) is 17.8. The van der Waals surface area contributed by atoms with Crippen LogP contribution in [0.2, 0.25) is 0 Å². The van der Waals surface area contributed by atoms with Crippen molar-refractivity contribution in [1.29, 1.82) is 0 Å². The number of benzene rings is 3. The topological polar surface area (TPSA) is 87.8 Å². The Labute approximate surface area is 186 Å². The maximum Gasteiger partial charge on any atom is 0.293 e. The zero-order valence-electron chi connectivity index (χ0n) is 17.8. The van der Waals surface area contributed by atoms with Gasteiger partial charge in [-0.1, -0.05) is 73.7 Å². The number of anilines is 1. The highest BCUT2D eigenvalue weighted by Gasteiger charge is 2.26. The molecule has 1 heterocycles. The molecule has 7 heteroatoms. The minimum Gasteiger partial charge on any atom is -0.357 e. The zero-order chi connectivity index (χ0) is 22.5. The van der Waals surface area contributed by atoms with Gasteiger partial charge in [0.25, 0.3) is 5.69 Å². The molecule has 4 rings (SSSR count). The minimum atomic E-state index is -0.353. The second-order valence-electron chi connectivity index (χ2n) is 7.93. The Morgan fingerprint density at radius 2 is 1.59 bits per heavy atom. The summed E-state index contributed by atoms with van der Waals surface area (Å²) in [6.45, 7) is 2.96. The van der Waals surface area contributed by atoms with E-state index in [0.29, 0.717) is 36.5 Å². The third-order valence-electron chi connectivity index (χ3n) is 5.50. The van der Waals surface area contributed by atoms with Gasteiger partial charge < -0.3 is 4.90 Å². The molecule has 1 unspecified atom stereocenters. The quantitative estimate of drug-likeness (QED) is 0.438. The number of nitrogens with zero attached hydrogens (tertiary/aromatic N) is 3. The highest BCUT2D eigenvalue weighted by atomic mass is 16.6. The number of amides is 1. The van der Waals surface area contributed by atoms with Crippen LogP contribution in [-0.2, 0) is 17.9 Å². The van der Waals surface area contributed by atoms with E-state index in [2.05, 4.69) is 10.5 Å². The molecule has 0 aromatic heterocycles. The Morgan fingerprint density at radius 1 is 1.00 bits per heavy atom. The monoisotopic (exact) mass is 428 g/mol. The van der Waals surface area contributed by atoms with Gasteiger partial charge in [-0.3, -0.25) is 14.9 Å². The molecular weight excluding hydrogens is 404 g/mol.